The third-order valence-corrected chi connectivity index (χ3v) is 5.62. The number of fused-ring (bicyclic) bond motifs is 2. The van der Waals surface area contributed by atoms with Gasteiger partial charge in [0.05, 0.1) is 30.6 Å². The van der Waals surface area contributed by atoms with E-state index in [0.717, 1.165) is 16.6 Å². The second-order valence-electron chi connectivity index (χ2n) is 7.94. The number of hydrogen-bond acceptors (Lipinski definition) is 6. The molecule has 10 nitrogen and oxygen atoms in total. The average Bonchev–Trinajstić information content (AvgIpc) is 3.09. The Kier molecular flexibility index (Phi) is 6.27. The van der Waals surface area contributed by atoms with E-state index >= 15 is 0 Å². The van der Waals surface area contributed by atoms with Gasteiger partial charge in [-0.1, -0.05) is 12.1 Å². The summed E-state index contributed by atoms with van der Waals surface area (Å²) in [4.78, 5) is 42.5. The van der Waals surface area contributed by atoms with E-state index in [9.17, 15) is 19.5 Å². The minimum atomic E-state index is -1.07. The number of carboxylic acids is 1. The first-order chi connectivity index (χ1) is 15.9. The molecule has 10 heteroatoms. The highest BCUT2D eigenvalue weighted by Crippen LogP contribution is 2.25. The number of aliphatic hydroxyl groups is 1. The van der Waals surface area contributed by atoms with Crippen LogP contribution in [-0.2, 0) is 29.2 Å². The fraction of sp³-hybridized carbons (Fsp3) is 0.304. The van der Waals surface area contributed by atoms with Crippen molar-refractivity contribution in [3.63, 3.8) is 0 Å². The fourth-order valence-corrected chi connectivity index (χ4v) is 4.04. The average molecular weight is 451 g/mol. The van der Waals surface area contributed by atoms with Crippen LogP contribution in [0, 0.1) is 0 Å². The number of nitrogens with one attached hydrogen (secondary N) is 2. The third-order valence-electron chi connectivity index (χ3n) is 5.62. The highest BCUT2D eigenvalue weighted by molar-refractivity contribution is 5.95. The zero-order valence-electron chi connectivity index (χ0n) is 18.1. The standard InChI is InChI=1S/C23H25N5O5/c1-27-13-15-10-14(6-7-16(15)25-18(23(27)33)11-21(30)31)22(32)24-12-20-26-17-4-2-3-5-19(17)28(20)8-9-29/h2-7,10,18,25,29H,8-9,11-13H2,1H3,(H,24,32)(H,30,31). The van der Waals surface area contributed by atoms with Crippen LogP contribution in [-0.4, -0.2) is 62.1 Å². The van der Waals surface area contributed by atoms with Crippen LogP contribution in [0.15, 0.2) is 42.5 Å². The van der Waals surface area contributed by atoms with Crippen LogP contribution in [0.1, 0.15) is 28.2 Å². The lowest BCUT2D eigenvalue weighted by molar-refractivity contribution is -0.141. The monoisotopic (exact) mass is 451 g/mol. The first-order valence-corrected chi connectivity index (χ1v) is 10.6. The molecular weight excluding hydrogens is 426 g/mol. The summed E-state index contributed by atoms with van der Waals surface area (Å²) >= 11 is 0. The minimum absolute atomic E-state index is 0.0474. The lowest BCUT2D eigenvalue weighted by atomic mass is 10.1. The zero-order valence-corrected chi connectivity index (χ0v) is 18.1. The van der Waals surface area contributed by atoms with E-state index in [2.05, 4.69) is 15.6 Å². The molecule has 4 N–H and O–H groups in total. The molecule has 1 unspecified atom stereocenters. The molecule has 4 rings (SSSR count). The number of carbonyl (C=O) groups excluding carboxylic acids is 2. The van der Waals surface area contributed by atoms with Gasteiger partial charge in [0.1, 0.15) is 11.9 Å². The summed E-state index contributed by atoms with van der Waals surface area (Å²) in [5.41, 5.74) is 3.43. The van der Waals surface area contributed by atoms with Crippen molar-refractivity contribution in [1.82, 2.24) is 19.8 Å². The number of amides is 2. The molecule has 1 atom stereocenters. The minimum Gasteiger partial charge on any atom is -0.481 e. The molecule has 0 radical (unpaired) electrons. The van der Waals surface area contributed by atoms with Crippen molar-refractivity contribution < 1.29 is 24.6 Å². The molecule has 0 saturated carbocycles. The van der Waals surface area contributed by atoms with Gasteiger partial charge in [-0.25, -0.2) is 4.98 Å². The van der Waals surface area contributed by atoms with E-state index in [1.165, 1.54) is 4.90 Å². The Balaban J connectivity index is 1.52. The third kappa shape index (κ3) is 4.65. The maximum atomic E-state index is 12.9. The number of aromatic nitrogens is 2. The number of nitrogens with zero attached hydrogens (tertiary/aromatic N) is 3. The van der Waals surface area contributed by atoms with E-state index < -0.39 is 12.0 Å². The Morgan fingerprint density at radius 2 is 2.03 bits per heavy atom. The smallest absolute Gasteiger partial charge is 0.305 e. The molecule has 1 aromatic heterocycles. The Morgan fingerprint density at radius 3 is 2.79 bits per heavy atom. The molecule has 0 fully saturated rings. The summed E-state index contributed by atoms with van der Waals surface area (Å²) in [7, 11) is 1.60. The van der Waals surface area contributed by atoms with Crippen molar-refractivity contribution in [2.75, 3.05) is 19.0 Å². The van der Waals surface area contributed by atoms with Crippen LogP contribution in [0.4, 0.5) is 5.69 Å². The predicted octanol–water partition coefficient (Wildman–Crippen LogP) is 1.19. The van der Waals surface area contributed by atoms with Gasteiger partial charge in [0.2, 0.25) is 5.91 Å². The SMILES string of the molecule is CN1Cc2cc(C(=O)NCc3nc4ccccc4n3CCO)ccc2NC(CC(=O)O)C1=O. The number of benzene rings is 2. The summed E-state index contributed by atoms with van der Waals surface area (Å²) in [5.74, 6) is -1.05. The molecule has 0 spiro atoms. The summed E-state index contributed by atoms with van der Waals surface area (Å²) in [5, 5.41) is 24.4. The number of likely N-dealkylation sites (N-methyl/N-ethyl adjacent to an activating group) is 1. The summed E-state index contributed by atoms with van der Waals surface area (Å²) in [6, 6.07) is 11.7. The van der Waals surface area contributed by atoms with Crippen molar-refractivity contribution in [2.24, 2.45) is 0 Å². The van der Waals surface area contributed by atoms with Crippen LogP contribution < -0.4 is 10.6 Å². The van der Waals surface area contributed by atoms with Crippen LogP contribution >= 0.6 is 0 Å². The molecule has 0 aliphatic carbocycles. The number of aliphatic hydroxyl groups excluding tert-OH is 1. The second-order valence-corrected chi connectivity index (χ2v) is 7.94. The van der Waals surface area contributed by atoms with E-state index in [-0.39, 0.29) is 37.9 Å². The van der Waals surface area contributed by atoms with Gasteiger partial charge in [-0.15, -0.1) is 0 Å². The van der Waals surface area contributed by atoms with Crippen molar-refractivity contribution >= 4 is 34.5 Å². The number of carbonyl (C=O) groups is 3. The quantitative estimate of drug-likeness (QED) is 0.423. The van der Waals surface area contributed by atoms with Crippen LogP contribution in [0.25, 0.3) is 11.0 Å². The number of anilines is 1. The fourth-order valence-electron chi connectivity index (χ4n) is 4.04. The normalized spacial score (nSPS) is 15.6. The molecule has 2 aromatic carbocycles. The molecule has 3 aromatic rings. The zero-order chi connectivity index (χ0) is 23.5. The van der Waals surface area contributed by atoms with Gasteiger partial charge in [0, 0.05) is 31.4 Å². The maximum absolute atomic E-state index is 12.9. The predicted molar refractivity (Wildman–Crippen MR) is 121 cm³/mol. The lowest BCUT2D eigenvalue weighted by Crippen LogP contribution is -2.39. The maximum Gasteiger partial charge on any atom is 0.305 e. The van der Waals surface area contributed by atoms with Gasteiger partial charge in [-0.3, -0.25) is 14.4 Å². The van der Waals surface area contributed by atoms with Gasteiger partial charge in [-0.2, -0.15) is 0 Å². The molecule has 1 aliphatic rings. The molecule has 0 bridgehead atoms. The number of hydrogen-bond donors (Lipinski definition) is 4. The van der Waals surface area contributed by atoms with Crippen LogP contribution in [0.5, 0.6) is 0 Å². The van der Waals surface area contributed by atoms with Gasteiger partial charge >= 0.3 is 5.97 Å². The number of aliphatic carboxylic acids is 1. The van der Waals surface area contributed by atoms with E-state index in [4.69, 9.17) is 5.11 Å². The van der Waals surface area contributed by atoms with E-state index in [1.54, 1.807) is 25.2 Å². The second kappa shape index (κ2) is 9.29. The summed E-state index contributed by atoms with van der Waals surface area (Å²) < 4.78 is 1.87. The first-order valence-electron chi connectivity index (χ1n) is 10.6. The van der Waals surface area contributed by atoms with Crippen molar-refractivity contribution in [1.29, 1.82) is 0 Å². The van der Waals surface area contributed by atoms with Gasteiger partial charge < -0.3 is 30.3 Å². The van der Waals surface area contributed by atoms with E-state index in [0.29, 0.717) is 23.6 Å². The number of imidazole rings is 1. The molecule has 33 heavy (non-hydrogen) atoms. The van der Waals surface area contributed by atoms with Crippen molar-refractivity contribution in [3.8, 4) is 0 Å². The molecule has 0 saturated heterocycles. The number of para-hydroxylation sites is 2. The number of carboxylic acid groups (broad SMARTS) is 1. The molecule has 172 valence electrons. The first kappa shape index (κ1) is 22.3. The van der Waals surface area contributed by atoms with Gasteiger partial charge in [-0.05, 0) is 35.9 Å². The lowest BCUT2D eigenvalue weighted by Gasteiger charge is -2.19. The Hall–Kier alpha value is -3.92. The van der Waals surface area contributed by atoms with Crippen molar-refractivity contribution in [2.45, 2.75) is 32.1 Å². The van der Waals surface area contributed by atoms with Crippen LogP contribution in [0.3, 0.4) is 0 Å². The van der Waals surface area contributed by atoms with Crippen molar-refractivity contribution in [3.05, 3.63) is 59.4 Å². The molecular formula is C23H25N5O5. The topological polar surface area (TPSA) is 137 Å². The Bertz CT molecular complexity index is 1220. The largest absolute Gasteiger partial charge is 0.481 e. The summed E-state index contributed by atoms with van der Waals surface area (Å²) in [6.45, 7) is 0.759. The van der Waals surface area contributed by atoms with Gasteiger partial charge in [0.25, 0.3) is 5.91 Å². The molecule has 2 amide bonds. The van der Waals surface area contributed by atoms with E-state index in [1.807, 2.05) is 28.8 Å². The van der Waals surface area contributed by atoms with Gasteiger partial charge in [0.15, 0.2) is 0 Å². The Labute approximate surface area is 189 Å². The molecule has 1 aliphatic heterocycles. The highest BCUT2D eigenvalue weighted by Gasteiger charge is 2.29. The highest BCUT2D eigenvalue weighted by atomic mass is 16.4. The van der Waals surface area contributed by atoms with Crippen LogP contribution in [0.2, 0.25) is 0 Å². The number of rotatable bonds is 7. The molecule has 2 heterocycles. The Morgan fingerprint density at radius 1 is 1.24 bits per heavy atom. The summed E-state index contributed by atoms with van der Waals surface area (Å²) in [6.07, 6.45) is -0.334.